The van der Waals surface area contributed by atoms with Gasteiger partial charge in [-0.3, -0.25) is 14.7 Å². The first-order chi connectivity index (χ1) is 13.4. The summed E-state index contributed by atoms with van der Waals surface area (Å²) in [4.78, 5) is 28.4. The van der Waals surface area contributed by atoms with E-state index in [1.54, 1.807) is 7.05 Å². The van der Waals surface area contributed by atoms with Gasteiger partial charge in [-0.25, -0.2) is 4.79 Å². The lowest BCUT2D eigenvalue weighted by molar-refractivity contribution is -0.124. The monoisotopic (exact) mass is 384 g/mol. The summed E-state index contributed by atoms with van der Waals surface area (Å²) in [5.74, 6) is 2.00. The molecule has 3 amide bonds. The maximum atomic E-state index is 12.7. The number of hydrogen-bond donors (Lipinski definition) is 1. The van der Waals surface area contributed by atoms with Crippen LogP contribution in [0.15, 0.2) is 24.3 Å². The number of nitrogens with one attached hydrogen (secondary N) is 1. The van der Waals surface area contributed by atoms with E-state index >= 15 is 0 Å². The van der Waals surface area contributed by atoms with Crippen LogP contribution in [0, 0.1) is 5.92 Å². The van der Waals surface area contributed by atoms with Gasteiger partial charge < -0.3 is 14.5 Å². The topological polar surface area (TPSA) is 92.6 Å². The number of rotatable bonds is 5. The van der Waals surface area contributed by atoms with E-state index in [1.165, 1.54) is 4.90 Å². The second-order valence-corrected chi connectivity index (χ2v) is 7.46. The van der Waals surface area contributed by atoms with Crippen molar-refractivity contribution in [2.45, 2.75) is 33.0 Å². The zero-order chi connectivity index (χ0) is 20.0. The quantitative estimate of drug-likeness (QED) is 0.846. The lowest BCUT2D eigenvalue weighted by Crippen LogP contribution is -2.61. The number of hydrogen-bond acceptors (Lipinski definition) is 6. The molecule has 3 heterocycles. The molecule has 9 heteroatoms. The standard InChI is InChI=1S/C19H24N6O3/c1-5-28-13-8-6-12(7-9-13)15-21-22-18-24(10-11(2)3)14-16(26)20-19(27)23(4)17(14)25(15)18/h6-9,11,14,17H,5,10H2,1-4H3,(H,20,26,27). The summed E-state index contributed by atoms with van der Waals surface area (Å²) in [6.07, 6.45) is -0.494. The van der Waals surface area contributed by atoms with Gasteiger partial charge in [-0.15, -0.1) is 10.2 Å². The number of likely N-dealkylation sites (N-methyl/N-ethyl adjacent to an activating group) is 1. The molecule has 2 aromatic rings. The van der Waals surface area contributed by atoms with Crippen LogP contribution in [0.25, 0.3) is 11.4 Å². The fraction of sp³-hybridized carbons (Fsp3) is 0.474. The zero-order valence-corrected chi connectivity index (χ0v) is 16.4. The van der Waals surface area contributed by atoms with E-state index in [9.17, 15) is 9.59 Å². The molecule has 0 saturated carbocycles. The Morgan fingerprint density at radius 2 is 1.89 bits per heavy atom. The van der Waals surface area contributed by atoms with Crippen molar-refractivity contribution in [1.82, 2.24) is 25.0 Å². The van der Waals surface area contributed by atoms with Gasteiger partial charge in [0.25, 0.3) is 5.91 Å². The van der Waals surface area contributed by atoms with Crippen LogP contribution in [0.4, 0.5) is 10.7 Å². The average Bonchev–Trinajstić information content (AvgIpc) is 3.20. The fourth-order valence-electron chi connectivity index (χ4n) is 3.85. The summed E-state index contributed by atoms with van der Waals surface area (Å²) in [7, 11) is 1.68. The summed E-state index contributed by atoms with van der Waals surface area (Å²) in [5, 5.41) is 11.2. The number of benzene rings is 1. The molecule has 2 aliphatic heterocycles. The van der Waals surface area contributed by atoms with E-state index in [0.717, 1.165) is 11.3 Å². The number of carbonyl (C=O) groups is 2. The highest BCUT2D eigenvalue weighted by Crippen LogP contribution is 2.41. The first-order valence-electron chi connectivity index (χ1n) is 9.44. The summed E-state index contributed by atoms with van der Waals surface area (Å²) >= 11 is 0. The number of urea groups is 1. The molecule has 28 heavy (non-hydrogen) atoms. The van der Waals surface area contributed by atoms with Crippen molar-refractivity contribution in [2.24, 2.45) is 5.92 Å². The highest BCUT2D eigenvalue weighted by Gasteiger charge is 2.52. The Morgan fingerprint density at radius 3 is 2.54 bits per heavy atom. The van der Waals surface area contributed by atoms with Crippen molar-refractivity contribution in [2.75, 3.05) is 25.1 Å². The van der Waals surface area contributed by atoms with E-state index in [0.29, 0.717) is 30.8 Å². The second-order valence-electron chi connectivity index (χ2n) is 7.46. The Bertz CT molecular complexity index is 907. The van der Waals surface area contributed by atoms with Gasteiger partial charge in [-0.1, -0.05) is 13.8 Å². The minimum atomic E-state index is -0.531. The normalized spacial score (nSPS) is 21.0. The Hall–Kier alpha value is -3.10. The third kappa shape index (κ3) is 2.78. The molecular formula is C19H24N6O3. The SMILES string of the molecule is CCOc1ccc(-c2nnc3n2C2C(C(=O)NC(=O)N2C)N3CC(C)C)cc1. The molecular weight excluding hydrogens is 360 g/mol. The van der Waals surface area contributed by atoms with Crippen LogP contribution < -0.4 is 15.0 Å². The molecule has 0 aliphatic carbocycles. The maximum absolute atomic E-state index is 12.7. The van der Waals surface area contributed by atoms with E-state index in [4.69, 9.17) is 4.74 Å². The summed E-state index contributed by atoms with van der Waals surface area (Å²) in [5.41, 5.74) is 0.846. The summed E-state index contributed by atoms with van der Waals surface area (Å²) in [6.45, 7) is 7.32. The van der Waals surface area contributed by atoms with Crippen LogP contribution in [-0.2, 0) is 4.79 Å². The van der Waals surface area contributed by atoms with E-state index < -0.39 is 18.2 Å². The molecule has 1 aromatic carbocycles. The Kier molecular flexibility index (Phi) is 4.44. The minimum absolute atomic E-state index is 0.308. The van der Waals surface area contributed by atoms with Crippen molar-refractivity contribution < 1.29 is 14.3 Å². The second kappa shape index (κ2) is 6.81. The van der Waals surface area contributed by atoms with E-state index in [-0.39, 0.29) is 5.91 Å². The first kappa shape index (κ1) is 18.3. The number of imide groups is 1. The van der Waals surface area contributed by atoms with Gasteiger partial charge in [0.1, 0.15) is 11.9 Å². The molecule has 2 atom stereocenters. The van der Waals surface area contributed by atoms with Crippen LogP contribution in [-0.4, -0.2) is 57.8 Å². The molecule has 0 spiro atoms. The number of anilines is 1. The molecule has 2 unspecified atom stereocenters. The third-order valence-electron chi connectivity index (χ3n) is 5.02. The van der Waals surface area contributed by atoms with Gasteiger partial charge in [0, 0.05) is 19.2 Å². The smallest absolute Gasteiger partial charge is 0.325 e. The predicted octanol–water partition coefficient (Wildman–Crippen LogP) is 1.87. The van der Waals surface area contributed by atoms with Crippen molar-refractivity contribution in [3.8, 4) is 17.1 Å². The Labute approximate surface area is 163 Å². The fourth-order valence-corrected chi connectivity index (χ4v) is 3.85. The molecule has 1 N–H and O–H groups in total. The molecule has 0 radical (unpaired) electrons. The van der Waals surface area contributed by atoms with Crippen molar-refractivity contribution >= 4 is 17.9 Å². The lowest BCUT2D eigenvalue weighted by atomic mass is 10.1. The highest BCUT2D eigenvalue weighted by molar-refractivity contribution is 6.02. The Morgan fingerprint density at radius 1 is 1.18 bits per heavy atom. The maximum Gasteiger partial charge on any atom is 0.325 e. The number of amides is 3. The molecule has 1 saturated heterocycles. The van der Waals surface area contributed by atoms with Gasteiger partial charge >= 0.3 is 6.03 Å². The first-order valence-corrected chi connectivity index (χ1v) is 9.44. The zero-order valence-electron chi connectivity index (χ0n) is 16.4. The summed E-state index contributed by atoms with van der Waals surface area (Å²) in [6, 6.07) is 6.62. The molecule has 2 aliphatic rings. The molecule has 0 bridgehead atoms. The predicted molar refractivity (Wildman–Crippen MR) is 103 cm³/mol. The van der Waals surface area contributed by atoms with E-state index in [2.05, 4.69) is 29.4 Å². The Balaban J connectivity index is 1.80. The van der Waals surface area contributed by atoms with Crippen molar-refractivity contribution in [3.05, 3.63) is 24.3 Å². The van der Waals surface area contributed by atoms with Crippen LogP contribution in [0.1, 0.15) is 26.9 Å². The minimum Gasteiger partial charge on any atom is -0.494 e. The van der Waals surface area contributed by atoms with Gasteiger partial charge in [0.15, 0.2) is 11.9 Å². The van der Waals surface area contributed by atoms with Gasteiger partial charge in [0.05, 0.1) is 6.61 Å². The van der Waals surface area contributed by atoms with E-state index in [1.807, 2.05) is 40.7 Å². The molecule has 1 fully saturated rings. The number of nitrogens with zero attached hydrogens (tertiary/aromatic N) is 5. The van der Waals surface area contributed by atoms with Crippen molar-refractivity contribution in [1.29, 1.82) is 0 Å². The number of carbonyl (C=O) groups excluding carboxylic acids is 2. The van der Waals surface area contributed by atoms with Crippen LogP contribution in [0.2, 0.25) is 0 Å². The average molecular weight is 384 g/mol. The number of aromatic nitrogens is 3. The van der Waals surface area contributed by atoms with Crippen LogP contribution >= 0.6 is 0 Å². The van der Waals surface area contributed by atoms with Gasteiger partial charge in [0.2, 0.25) is 5.95 Å². The number of ether oxygens (including phenoxy) is 1. The molecule has 4 rings (SSSR count). The van der Waals surface area contributed by atoms with Gasteiger partial charge in [-0.2, -0.15) is 0 Å². The van der Waals surface area contributed by atoms with Crippen LogP contribution in [0.3, 0.4) is 0 Å². The molecule has 148 valence electrons. The van der Waals surface area contributed by atoms with Gasteiger partial charge in [-0.05, 0) is 37.1 Å². The largest absolute Gasteiger partial charge is 0.494 e. The lowest BCUT2D eigenvalue weighted by Gasteiger charge is -2.37. The number of fused-ring (bicyclic) bond motifs is 3. The highest BCUT2D eigenvalue weighted by atomic mass is 16.5. The third-order valence-corrected chi connectivity index (χ3v) is 5.02. The molecule has 1 aromatic heterocycles. The molecule has 9 nitrogen and oxygen atoms in total. The van der Waals surface area contributed by atoms with Crippen LogP contribution in [0.5, 0.6) is 5.75 Å². The van der Waals surface area contributed by atoms with Crippen molar-refractivity contribution in [3.63, 3.8) is 0 Å². The summed E-state index contributed by atoms with van der Waals surface area (Å²) < 4.78 is 7.39.